The Hall–Kier alpha value is -2.73. The number of aryl methyl sites for hydroxylation is 2. The number of rotatable bonds is 6. The maximum atomic E-state index is 10.9. The highest BCUT2D eigenvalue weighted by atomic mass is 32.1. The highest BCUT2D eigenvalue weighted by Crippen LogP contribution is 2.25. The predicted octanol–water partition coefficient (Wildman–Crippen LogP) is 5.77. The Morgan fingerprint density at radius 3 is 2.52 bits per heavy atom. The fraction of sp³-hybridized carbons (Fsp3) is 0.286. The van der Waals surface area contributed by atoms with E-state index in [2.05, 4.69) is 48.9 Å². The van der Waals surface area contributed by atoms with Crippen molar-refractivity contribution in [2.45, 2.75) is 40.2 Å². The number of nitrogens with zero attached hydrogens (tertiary/aromatic N) is 3. The SMILES string of the molecule is CCCCn1c(-c2ccc([N+](=O)[O-])cc2)csc1=Nc1ccc(C)cc1C. The molecule has 3 aromatic rings. The van der Waals surface area contributed by atoms with Crippen LogP contribution in [0.5, 0.6) is 0 Å². The molecule has 6 heteroatoms. The van der Waals surface area contributed by atoms with E-state index in [1.807, 2.05) is 12.1 Å². The first-order valence-electron chi connectivity index (χ1n) is 9.04. The third-order valence-electron chi connectivity index (χ3n) is 4.48. The van der Waals surface area contributed by atoms with Crippen molar-refractivity contribution in [1.82, 2.24) is 4.57 Å². The van der Waals surface area contributed by atoms with Crippen molar-refractivity contribution in [1.29, 1.82) is 0 Å². The highest BCUT2D eigenvalue weighted by molar-refractivity contribution is 7.07. The minimum atomic E-state index is -0.372. The number of hydrogen-bond donors (Lipinski definition) is 0. The van der Waals surface area contributed by atoms with Crippen LogP contribution in [-0.2, 0) is 6.54 Å². The molecule has 0 bridgehead atoms. The van der Waals surface area contributed by atoms with E-state index in [1.165, 1.54) is 5.56 Å². The van der Waals surface area contributed by atoms with E-state index in [-0.39, 0.29) is 10.6 Å². The van der Waals surface area contributed by atoms with Gasteiger partial charge in [0.25, 0.3) is 5.69 Å². The van der Waals surface area contributed by atoms with E-state index in [1.54, 1.807) is 23.5 Å². The third-order valence-corrected chi connectivity index (χ3v) is 5.34. The van der Waals surface area contributed by atoms with Crippen molar-refractivity contribution in [3.63, 3.8) is 0 Å². The zero-order chi connectivity index (χ0) is 19.4. The van der Waals surface area contributed by atoms with Crippen LogP contribution in [0.4, 0.5) is 11.4 Å². The molecule has 0 spiro atoms. The summed E-state index contributed by atoms with van der Waals surface area (Å²) >= 11 is 1.60. The van der Waals surface area contributed by atoms with Gasteiger partial charge >= 0.3 is 0 Å². The van der Waals surface area contributed by atoms with Crippen LogP contribution in [0.3, 0.4) is 0 Å². The Morgan fingerprint density at radius 1 is 1.15 bits per heavy atom. The summed E-state index contributed by atoms with van der Waals surface area (Å²) in [5.41, 5.74) is 5.48. The largest absolute Gasteiger partial charge is 0.316 e. The molecule has 0 saturated carbocycles. The smallest absolute Gasteiger partial charge is 0.269 e. The molecule has 0 aliphatic rings. The molecular formula is C21H23N3O2S. The number of nitro groups is 1. The average molecular weight is 382 g/mol. The number of benzene rings is 2. The minimum Gasteiger partial charge on any atom is -0.316 e. The van der Waals surface area contributed by atoms with Crippen molar-refractivity contribution in [2.24, 2.45) is 4.99 Å². The van der Waals surface area contributed by atoms with Gasteiger partial charge in [-0.2, -0.15) is 0 Å². The first-order chi connectivity index (χ1) is 13.0. The van der Waals surface area contributed by atoms with Crippen molar-refractivity contribution >= 4 is 22.7 Å². The molecule has 2 aromatic carbocycles. The van der Waals surface area contributed by atoms with Gasteiger partial charge in [-0.1, -0.05) is 31.0 Å². The van der Waals surface area contributed by atoms with E-state index in [4.69, 9.17) is 4.99 Å². The number of non-ortho nitro benzene ring substituents is 1. The molecule has 0 amide bonds. The lowest BCUT2D eigenvalue weighted by molar-refractivity contribution is -0.384. The lowest BCUT2D eigenvalue weighted by Crippen LogP contribution is -2.16. The van der Waals surface area contributed by atoms with Gasteiger partial charge in [0.1, 0.15) is 0 Å². The topological polar surface area (TPSA) is 60.4 Å². The zero-order valence-electron chi connectivity index (χ0n) is 15.8. The summed E-state index contributed by atoms with van der Waals surface area (Å²) in [6, 6.07) is 13.0. The second-order valence-corrected chi connectivity index (χ2v) is 7.45. The summed E-state index contributed by atoms with van der Waals surface area (Å²) < 4.78 is 2.22. The van der Waals surface area contributed by atoms with Gasteiger partial charge in [-0.05, 0) is 49.6 Å². The molecule has 0 atom stereocenters. The Morgan fingerprint density at radius 2 is 1.89 bits per heavy atom. The minimum absolute atomic E-state index is 0.106. The predicted molar refractivity (Wildman–Crippen MR) is 110 cm³/mol. The molecule has 0 fully saturated rings. The van der Waals surface area contributed by atoms with Crippen molar-refractivity contribution in [3.8, 4) is 11.3 Å². The maximum absolute atomic E-state index is 10.9. The quantitative estimate of drug-likeness (QED) is 0.402. The number of hydrogen-bond acceptors (Lipinski definition) is 4. The highest BCUT2D eigenvalue weighted by Gasteiger charge is 2.11. The first-order valence-corrected chi connectivity index (χ1v) is 9.92. The molecule has 27 heavy (non-hydrogen) atoms. The lowest BCUT2D eigenvalue weighted by atomic mass is 10.1. The van der Waals surface area contributed by atoms with Gasteiger partial charge in [-0.15, -0.1) is 11.3 Å². The van der Waals surface area contributed by atoms with E-state index in [9.17, 15) is 10.1 Å². The summed E-state index contributed by atoms with van der Waals surface area (Å²) in [7, 11) is 0. The van der Waals surface area contributed by atoms with Gasteiger partial charge in [0.2, 0.25) is 0 Å². The number of thiazole rings is 1. The number of unbranched alkanes of at least 4 members (excludes halogenated alkanes) is 1. The summed E-state index contributed by atoms with van der Waals surface area (Å²) in [5.74, 6) is 0. The molecule has 1 heterocycles. The van der Waals surface area contributed by atoms with Crippen LogP contribution >= 0.6 is 11.3 Å². The van der Waals surface area contributed by atoms with Gasteiger partial charge in [-0.3, -0.25) is 10.1 Å². The van der Waals surface area contributed by atoms with Crippen molar-refractivity contribution in [3.05, 3.63) is 73.9 Å². The average Bonchev–Trinajstić information content (AvgIpc) is 3.04. The molecular weight excluding hydrogens is 358 g/mol. The van der Waals surface area contributed by atoms with Gasteiger partial charge < -0.3 is 4.57 Å². The Bertz CT molecular complexity index is 1020. The van der Waals surface area contributed by atoms with E-state index in [0.717, 1.165) is 46.7 Å². The zero-order valence-corrected chi connectivity index (χ0v) is 16.6. The molecule has 0 saturated heterocycles. The molecule has 0 N–H and O–H groups in total. The monoisotopic (exact) mass is 381 g/mol. The fourth-order valence-electron chi connectivity index (χ4n) is 2.97. The Kier molecular flexibility index (Phi) is 5.86. The first kappa shape index (κ1) is 19.0. The van der Waals surface area contributed by atoms with Crippen LogP contribution in [0, 0.1) is 24.0 Å². The molecule has 0 unspecified atom stereocenters. The standard InChI is InChI=1S/C21H23N3O2S/c1-4-5-12-23-20(17-7-9-18(10-8-17)24(25)26)14-27-21(23)22-19-11-6-15(2)13-16(19)3/h6-11,13-14H,4-5,12H2,1-3H3. The fourth-order valence-corrected chi connectivity index (χ4v) is 3.92. The second kappa shape index (κ2) is 8.31. The van der Waals surface area contributed by atoms with Crippen LogP contribution in [0.1, 0.15) is 30.9 Å². The van der Waals surface area contributed by atoms with Gasteiger partial charge in [0, 0.05) is 24.1 Å². The molecule has 5 nitrogen and oxygen atoms in total. The maximum Gasteiger partial charge on any atom is 0.269 e. The lowest BCUT2D eigenvalue weighted by Gasteiger charge is -2.09. The Labute approximate surface area is 162 Å². The second-order valence-electron chi connectivity index (χ2n) is 6.61. The van der Waals surface area contributed by atoms with Crippen molar-refractivity contribution in [2.75, 3.05) is 0 Å². The number of nitro benzene ring substituents is 1. The molecule has 0 aliphatic carbocycles. The molecule has 0 aliphatic heterocycles. The van der Waals surface area contributed by atoms with Crippen LogP contribution in [0.2, 0.25) is 0 Å². The van der Waals surface area contributed by atoms with Crippen LogP contribution in [0.15, 0.2) is 52.8 Å². The molecule has 3 rings (SSSR count). The van der Waals surface area contributed by atoms with Gasteiger partial charge in [0.05, 0.1) is 16.3 Å². The third kappa shape index (κ3) is 4.34. The van der Waals surface area contributed by atoms with Gasteiger partial charge in [0.15, 0.2) is 4.80 Å². The molecule has 0 radical (unpaired) electrons. The summed E-state index contributed by atoms with van der Waals surface area (Å²) in [5, 5.41) is 13.0. The summed E-state index contributed by atoms with van der Waals surface area (Å²) in [6.45, 7) is 7.19. The van der Waals surface area contributed by atoms with Crippen molar-refractivity contribution < 1.29 is 4.92 Å². The normalized spacial score (nSPS) is 11.7. The van der Waals surface area contributed by atoms with Crippen LogP contribution in [-0.4, -0.2) is 9.49 Å². The summed E-state index contributed by atoms with van der Waals surface area (Å²) in [4.78, 5) is 16.4. The number of aromatic nitrogens is 1. The van der Waals surface area contributed by atoms with E-state index >= 15 is 0 Å². The van der Waals surface area contributed by atoms with E-state index < -0.39 is 0 Å². The molecule has 1 aromatic heterocycles. The van der Waals surface area contributed by atoms with E-state index in [0.29, 0.717) is 0 Å². The summed E-state index contributed by atoms with van der Waals surface area (Å²) in [6.07, 6.45) is 2.14. The van der Waals surface area contributed by atoms with Crippen LogP contribution in [0.25, 0.3) is 11.3 Å². The van der Waals surface area contributed by atoms with Gasteiger partial charge in [-0.25, -0.2) is 4.99 Å². The van der Waals surface area contributed by atoms with Crippen LogP contribution < -0.4 is 4.80 Å². The Balaban J connectivity index is 2.08. The molecule has 140 valence electrons.